The number of nitrogens with one attached hydrogen (secondary N) is 3. The van der Waals surface area contributed by atoms with Gasteiger partial charge in [-0.25, -0.2) is 0 Å². The molecule has 1 heterocycles. The zero-order valence-corrected chi connectivity index (χ0v) is 17.8. The lowest BCUT2D eigenvalue weighted by Gasteiger charge is -2.21. The number of rotatable bonds is 8. The van der Waals surface area contributed by atoms with Crippen LogP contribution in [0.1, 0.15) is 24.0 Å². The molecule has 31 heavy (non-hydrogen) atoms. The van der Waals surface area contributed by atoms with Crippen molar-refractivity contribution in [2.45, 2.75) is 18.9 Å². The second-order valence-electron chi connectivity index (χ2n) is 7.60. The monoisotopic (exact) mass is 413 g/mol. The topological polar surface area (TPSA) is 66.2 Å². The van der Waals surface area contributed by atoms with Gasteiger partial charge in [0.15, 0.2) is 0 Å². The maximum Gasteiger partial charge on any atom is 0.241 e. The van der Waals surface area contributed by atoms with Crippen molar-refractivity contribution in [2.75, 3.05) is 19.0 Å². The molecule has 0 bridgehead atoms. The Bertz CT molecular complexity index is 1140. The van der Waals surface area contributed by atoms with Gasteiger partial charge in [0.25, 0.3) is 0 Å². The van der Waals surface area contributed by atoms with Crippen LogP contribution in [0.15, 0.2) is 85.1 Å². The molecule has 4 rings (SSSR count). The minimum absolute atomic E-state index is 0.0568. The first-order valence-corrected chi connectivity index (χ1v) is 10.4. The number of aromatic amines is 1. The number of methoxy groups -OCH3 is 1. The number of hydrogen-bond acceptors (Lipinski definition) is 3. The summed E-state index contributed by atoms with van der Waals surface area (Å²) >= 11 is 0. The van der Waals surface area contributed by atoms with Crippen LogP contribution in [0.4, 0.5) is 5.69 Å². The van der Waals surface area contributed by atoms with Gasteiger partial charge in [-0.15, -0.1) is 0 Å². The number of benzene rings is 3. The van der Waals surface area contributed by atoms with Crippen LogP contribution >= 0.6 is 0 Å². The molecule has 1 aromatic heterocycles. The molecule has 0 saturated heterocycles. The highest BCUT2D eigenvalue weighted by molar-refractivity contribution is 5.94. The molecule has 0 radical (unpaired) electrons. The van der Waals surface area contributed by atoms with Crippen molar-refractivity contribution in [1.29, 1.82) is 0 Å². The summed E-state index contributed by atoms with van der Waals surface area (Å²) in [4.78, 5) is 16.0. The van der Waals surface area contributed by atoms with E-state index in [9.17, 15) is 4.79 Å². The predicted octanol–water partition coefficient (Wildman–Crippen LogP) is 4.93. The lowest BCUT2D eigenvalue weighted by atomic mass is 9.90. The van der Waals surface area contributed by atoms with Crippen molar-refractivity contribution in [3.8, 4) is 5.75 Å². The molecule has 0 saturated carbocycles. The summed E-state index contributed by atoms with van der Waals surface area (Å²) in [6.07, 6.45) is 2.07. The molecule has 0 unspecified atom stereocenters. The summed E-state index contributed by atoms with van der Waals surface area (Å²) < 4.78 is 5.32. The van der Waals surface area contributed by atoms with E-state index in [2.05, 4.69) is 46.1 Å². The first-order valence-electron chi connectivity index (χ1n) is 10.4. The Balaban J connectivity index is 1.55. The van der Waals surface area contributed by atoms with Crippen molar-refractivity contribution in [3.05, 3.63) is 96.2 Å². The fourth-order valence-electron chi connectivity index (χ4n) is 3.79. The van der Waals surface area contributed by atoms with Gasteiger partial charge in [0, 0.05) is 35.2 Å². The summed E-state index contributed by atoms with van der Waals surface area (Å²) in [5.41, 5.74) is 4.26. The van der Waals surface area contributed by atoms with Gasteiger partial charge in [0.05, 0.1) is 13.2 Å². The smallest absolute Gasteiger partial charge is 0.241 e. The highest BCUT2D eigenvalue weighted by Crippen LogP contribution is 2.31. The Kier molecular flexibility index (Phi) is 6.34. The van der Waals surface area contributed by atoms with Crippen LogP contribution < -0.4 is 15.4 Å². The molecule has 158 valence electrons. The van der Waals surface area contributed by atoms with Gasteiger partial charge < -0.3 is 20.4 Å². The molecular formula is C26H27N3O2. The number of para-hydroxylation sites is 2. The summed E-state index contributed by atoms with van der Waals surface area (Å²) in [6.45, 7) is 2.51. The third-order valence-electron chi connectivity index (χ3n) is 5.58. The number of carbonyl (C=O) groups is 1. The first kappa shape index (κ1) is 20.7. The normalized spacial score (nSPS) is 13.0. The SMILES string of the molecule is COc1ccc([C@H](CN[C@H](C)C(=O)Nc2ccccc2)c2c[nH]c3ccccc23)cc1. The molecule has 0 aliphatic rings. The third-order valence-corrected chi connectivity index (χ3v) is 5.58. The zero-order chi connectivity index (χ0) is 21.6. The standard InChI is InChI=1S/C26H27N3O2/c1-18(26(30)29-20-8-4-3-5-9-20)27-16-23(19-12-14-21(31-2)15-13-19)24-17-28-25-11-7-6-10-22(24)25/h3-15,17-18,23,27-28H,16H2,1-2H3,(H,29,30)/t18-,23+/m1/s1. The molecule has 0 spiro atoms. The van der Waals surface area contributed by atoms with Gasteiger partial charge in [-0.2, -0.15) is 0 Å². The Morgan fingerprint density at radius 1 is 0.968 bits per heavy atom. The second-order valence-corrected chi connectivity index (χ2v) is 7.60. The maximum atomic E-state index is 12.6. The van der Waals surface area contributed by atoms with E-state index in [0.29, 0.717) is 6.54 Å². The molecule has 3 N–H and O–H groups in total. The molecule has 5 nitrogen and oxygen atoms in total. The van der Waals surface area contributed by atoms with Gasteiger partial charge in [0.1, 0.15) is 5.75 Å². The van der Waals surface area contributed by atoms with Crippen LogP contribution in [0.5, 0.6) is 5.75 Å². The molecule has 0 aliphatic carbocycles. The van der Waals surface area contributed by atoms with Gasteiger partial charge in [-0.05, 0) is 48.4 Å². The number of aromatic nitrogens is 1. The van der Waals surface area contributed by atoms with E-state index in [-0.39, 0.29) is 17.9 Å². The third kappa shape index (κ3) is 4.78. The number of carbonyl (C=O) groups excluding carboxylic acids is 1. The number of anilines is 1. The fourth-order valence-corrected chi connectivity index (χ4v) is 3.79. The highest BCUT2D eigenvalue weighted by atomic mass is 16.5. The molecule has 1 amide bonds. The summed E-state index contributed by atoms with van der Waals surface area (Å²) in [7, 11) is 1.67. The molecule has 5 heteroatoms. The van der Waals surface area contributed by atoms with Crippen LogP contribution in [-0.2, 0) is 4.79 Å². The first-order chi connectivity index (χ1) is 15.2. The van der Waals surface area contributed by atoms with Crippen LogP contribution in [0.25, 0.3) is 10.9 Å². The molecule has 4 aromatic rings. The Morgan fingerprint density at radius 2 is 1.68 bits per heavy atom. The maximum absolute atomic E-state index is 12.6. The number of H-pyrrole nitrogens is 1. The molecule has 3 aromatic carbocycles. The molecular weight excluding hydrogens is 386 g/mol. The van der Waals surface area contributed by atoms with Crippen LogP contribution in [0.3, 0.4) is 0 Å². The largest absolute Gasteiger partial charge is 0.497 e. The molecule has 0 fully saturated rings. The van der Waals surface area contributed by atoms with Crippen LogP contribution in [0.2, 0.25) is 0 Å². The van der Waals surface area contributed by atoms with E-state index >= 15 is 0 Å². The van der Waals surface area contributed by atoms with E-state index < -0.39 is 0 Å². The Morgan fingerprint density at radius 3 is 2.42 bits per heavy atom. The molecule has 2 atom stereocenters. The van der Waals surface area contributed by atoms with Crippen LogP contribution in [-0.4, -0.2) is 30.6 Å². The van der Waals surface area contributed by atoms with E-state index in [4.69, 9.17) is 4.74 Å². The van der Waals surface area contributed by atoms with Gasteiger partial charge >= 0.3 is 0 Å². The van der Waals surface area contributed by atoms with E-state index in [1.165, 1.54) is 10.9 Å². The van der Waals surface area contributed by atoms with Crippen molar-refractivity contribution in [3.63, 3.8) is 0 Å². The zero-order valence-electron chi connectivity index (χ0n) is 17.8. The minimum Gasteiger partial charge on any atom is -0.497 e. The average molecular weight is 414 g/mol. The van der Waals surface area contributed by atoms with Crippen molar-refractivity contribution in [1.82, 2.24) is 10.3 Å². The molecule has 0 aliphatic heterocycles. The van der Waals surface area contributed by atoms with E-state index in [0.717, 1.165) is 22.5 Å². The average Bonchev–Trinajstić information content (AvgIpc) is 3.24. The number of amides is 1. The highest BCUT2D eigenvalue weighted by Gasteiger charge is 2.21. The summed E-state index contributed by atoms with van der Waals surface area (Å²) in [5, 5.41) is 7.57. The quantitative estimate of drug-likeness (QED) is 0.384. The lowest BCUT2D eigenvalue weighted by molar-refractivity contribution is -0.117. The summed E-state index contributed by atoms with van der Waals surface area (Å²) in [5.74, 6) is 0.845. The van der Waals surface area contributed by atoms with Crippen molar-refractivity contribution < 1.29 is 9.53 Å². The Hall–Kier alpha value is -3.57. The van der Waals surface area contributed by atoms with E-state index in [1.807, 2.05) is 61.5 Å². The van der Waals surface area contributed by atoms with Gasteiger partial charge in [-0.1, -0.05) is 48.5 Å². The van der Waals surface area contributed by atoms with Gasteiger partial charge in [0.2, 0.25) is 5.91 Å². The minimum atomic E-state index is -0.342. The van der Waals surface area contributed by atoms with E-state index in [1.54, 1.807) is 7.11 Å². The lowest BCUT2D eigenvalue weighted by Crippen LogP contribution is -2.40. The summed E-state index contributed by atoms with van der Waals surface area (Å²) in [6, 6.07) is 25.6. The van der Waals surface area contributed by atoms with Crippen molar-refractivity contribution >= 4 is 22.5 Å². The van der Waals surface area contributed by atoms with Crippen LogP contribution in [0, 0.1) is 0 Å². The van der Waals surface area contributed by atoms with Crippen molar-refractivity contribution in [2.24, 2.45) is 0 Å². The number of fused-ring (bicyclic) bond motifs is 1. The fraction of sp³-hybridized carbons (Fsp3) is 0.192. The second kappa shape index (κ2) is 9.49. The number of ether oxygens (including phenoxy) is 1. The number of hydrogen-bond donors (Lipinski definition) is 3. The van der Waals surface area contributed by atoms with Gasteiger partial charge in [-0.3, -0.25) is 4.79 Å². The Labute approximate surface area is 182 Å². The predicted molar refractivity (Wildman–Crippen MR) is 126 cm³/mol.